The first kappa shape index (κ1) is 19.8. The Balaban J connectivity index is 1.84. The summed E-state index contributed by atoms with van der Waals surface area (Å²) in [6.45, 7) is 0.970. The second kappa shape index (κ2) is 7.96. The highest BCUT2D eigenvalue weighted by Crippen LogP contribution is 2.26. The van der Waals surface area contributed by atoms with Gasteiger partial charge in [-0.3, -0.25) is 9.78 Å². The number of halogens is 4. The fourth-order valence-electron chi connectivity index (χ4n) is 2.87. The maximum Gasteiger partial charge on any atom is 0.263 e. The summed E-state index contributed by atoms with van der Waals surface area (Å²) in [6, 6.07) is 13.9. The van der Waals surface area contributed by atoms with Crippen molar-refractivity contribution in [3.05, 3.63) is 77.7 Å². The van der Waals surface area contributed by atoms with Crippen molar-refractivity contribution in [2.75, 3.05) is 0 Å². The van der Waals surface area contributed by atoms with Gasteiger partial charge in [0.25, 0.3) is 12.3 Å². The number of para-hydroxylation sites is 1. The minimum absolute atomic E-state index is 0.0584. The number of benzene rings is 2. The minimum atomic E-state index is -3.14. The molecule has 3 nitrogen and oxygen atoms in total. The number of carbonyl (C=O) groups is 1. The molecule has 0 aliphatic rings. The number of alkyl halides is 3. The number of hydrogen-bond acceptors (Lipinski definition) is 2. The van der Waals surface area contributed by atoms with E-state index in [9.17, 15) is 22.4 Å². The second-order valence-electron chi connectivity index (χ2n) is 6.73. The number of rotatable bonds is 6. The molecule has 3 rings (SSSR count). The zero-order valence-electron chi connectivity index (χ0n) is 15.0. The van der Waals surface area contributed by atoms with Crippen LogP contribution in [0.25, 0.3) is 10.9 Å². The fraction of sp³-hybridized carbons (Fsp3) is 0.238. The van der Waals surface area contributed by atoms with Crippen LogP contribution in [-0.4, -0.2) is 29.0 Å². The number of aromatic nitrogens is 1. The first-order chi connectivity index (χ1) is 13.3. The number of amides is 1. The van der Waals surface area contributed by atoms with Crippen molar-refractivity contribution >= 4 is 16.8 Å². The smallest absolute Gasteiger partial charge is 0.263 e. The van der Waals surface area contributed by atoms with Gasteiger partial charge < -0.3 is 5.32 Å². The molecule has 0 aliphatic carbocycles. The maximum atomic E-state index is 14.8. The summed E-state index contributed by atoms with van der Waals surface area (Å²) in [5, 5.41) is 2.45. The quantitative estimate of drug-likeness (QED) is 0.620. The third-order valence-corrected chi connectivity index (χ3v) is 4.67. The van der Waals surface area contributed by atoms with E-state index in [4.69, 9.17) is 0 Å². The number of nitrogens with zero attached hydrogens (tertiary/aromatic N) is 1. The normalized spacial score (nSPS) is 14.6. The van der Waals surface area contributed by atoms with Crippen LogP contribution in [0.15, 0.2) is 60.8 Å². The van der Waals surface area contributed by atoms with Gasteiger partial charge in [0.2, 0.25) is 0 Å². The van der Waals surface area contributed by atoms with Crippen LogP contribution in [-0.2, 0) is 6.42 Å². The first-order valence-electron chi connectivity index (χ1n) is 8.64. The highest BCUT2D eigenvalue weighted by Gasteiger charge is 2.44. The van der Waals surface area contributed by atoms with E-state index < -0.39 is 29.9 Å². The molecule has 1 aromatic heterocycles. The van der Waals surface area contributed by atoms with E-state index in [1.54, 1.807) is 36.4 Å². The Hall–Kier alpha value is -2.96. The molecule has 0 saturated carbocycles. The van der Waals surface area contributed by atoms with Crippen LogP contribution >= 0.6 is 0 Å². The number of fused-ring (bicyclic) bond motifs is 1. The van der Waals surface area contributed by atoms with E-state index in [0.717, 1.165) is 13.1 Å². The van der Waals surface area contributed by atoms with Crippen LogP contribution in [0.5, 0.6) is 0 Å². The van der Waals surface area contributed by atoms with Crippen LogP contribution in [0, 0.1) is 5.82 Å². The summed E-state index contributed by atoms with van der Waals surface area (Å²) < 4.78 is 55.9. The van der Waals surface area contributed by atoms with Crippen LogP contribution < -0.4 is 5.32 Å². The molecule has 1 amide bonds. The molecule has 2 aromatic carbocycles. The van der Waals surface area contributed by atoms with Crippen LogP contribution in [0.4, 0.5) is 17.6 Å². The summed E-state index contributed by atoms with van der Waals surface area (Å²) in [7, 11) is 0. The van der Waals surface area contributed by atoms with Crippen molar-refractivity contribution in [2.24, 2.45) is 0 Å². The Morgan fingerprint density at radius 2 is 1.82 bits per heavy atom. The topological polar surface area (TPSA) is 42.0 Å². The molecular formula is C21H18F4N2O. The van der Waals surface area contributed by atoms with Crippen molar-refractivity contribution in [1.29, 1.82) is 0 Å². The van der Waals surface area contributed by atoms with Gasteiger partial charge in [-0.1, -0.05) is 42.5 Å². The van der Waals surface area contributed by atoms with Gasteiger partial charge in [0, 0.05) is 18.0 Å². The molecule has 1 N–H and O–H groups in total. The Morgan fingerprint density at radius 1 is 1.11 bits per heavy atom. The standard InChI is InChI=1S/C21H18F4N2O/c1-21(20(24)25,17(23)10-13-6-3-2-4-7-13)27-19(28)15-11-14-8-5-9-16(22)18(14)26-12-15/h2-9,11-12,17,20H,10H2,1H3,(H,27,28). The molecule has 1 heterocycles. The maximum absolute atomic E-state index is 14.8. The van der Waals surface area contributed by atoms with Gasteiger partial charge in [-0.25, -0.2) is 17.6 Å². The summed E-state index contributed by atoms with van der Waals surface area (Å²) in [5.41, 5.74) is -1.86. The van der Waals surface area contributed by atoms with Crippen molar-refractivity contribution < 1.29 is 22.4 Å². The van der Waals surface area contributed by atoms with E-state index in [2.05, 4.69) is 10.3 Å². The average Bonchev–Trinajstić information content (AvgIpc) is 2.68. The van der Waals surface area contributed by atoms with Crippen LogP contribution in [0.2, 0.25) is 0 Å². The molecule has 0 bridgehead atoms. The largest absolute Gasteiger partial charge is 0.338 e. The molecule has 2 atom stereocenters. The summed E-state index contributed by atoms with van der Waals surface area (Å²) >= 11 is 0. The van der Waals surface area contributed by atoms with E-state index >= 15 is 0 Å². The van der Waals surface area contributed by atoms with E-state index in [1.807, 2.05) is 0 Å². The lowest BCUT2D eigenvalue weighted by Crippen LogP contribution is -2.58. The molecular weight excluding hydrogens is 372 g/mol. The number of pyridine rings is 1. The monoisotopic (exact) mass is 390 g/mol. The molecule has 0 fully saturated rings. The fourth-order valence-corrected chi connectivity index (χ4v) is 2.87. The molecule has 0 saturated heterocycles. The Morgan fingerprint density at radius 3 is 2.50 bits per heavy atom. The average molecular weight is 390 g/mol. The summed E-state index contributed by atoms with van der Waals surface area (Å²) in [4.78, 5) is 16.4. The summed E-state index contributed by atoms with van der Waals surface area (Å²) in [5.74, 6) is -1.47. The lowest BCUT2D eigenvalue weighted by molar-refractivity contribution is -0.00692. The zero-order chi connectivity index (χ0) is 20.3. The van der Waals surface area contributed by atoms with E-state index in [-0.39, 0.29) is 17.5 Å². The van der Waals surface area contributed by atoms with Crippen LogP contribution in [0.1, 0.15) is 22.8 Å². The number of nitrogens with one attached hydrogen (secondary N) is 1. The molecule has 28 heavy (non-hydrogen) atoms. The molecule has 0 radical (unpaired) electrons. The van der Waals surface area contributed by atoms with Gasteiger partial charge in [0.1, 0.15) is 23.0 Å². The lowest BCUT2D eigenvalue weighted by atomic mass is 9.91. The van der Waals surface area contributed by atoms with Gasteiger partial charge >= 0.3 is 0 Å². The van der Waals surface area contributed by atoms with Crippen molar-refractivity contribution in [3.63, 3.8) is 0 Å². The minimum Gasteiger partial charge on any atom is -0.338 e. The third kappa shape index (κ3) is 3.98. The highest BCUT2D eigenvalue weighted by atomic mass is 19.3. The van der Waals surface area contributed by atoms with Gasteiger partial charge in [0.05, 0.1) is 5.56 Å². The van der Waals surface area contributed by atoms with Crippen LogP contribution in [0.3, 0.4) is 0 Å². The number of carbonyl (C=O) groups excluding carboxylic acids is 1. The summed E-state index contributed by atoms with van der Waals surface area (Å²) in [6.07, 6.45) is -4.36. The molecule has 2 unspecified atom stereocenters. The molecule has 7 heteroatoms. The molecule has 0 spiro atoms. The SMILES string of the molecule is CC(NC(=O)c1cnc2c(F)cccc2c1)(C(F)F)C(F)Cc1ccccc1. The van der Waals surface area contributed by atoms with Crippen molar-refractivity contribution in [3.8, 4) is 0 Å². The highest BCUT2D eigenvalue weighted by molar-refractivity contribution is 5.97. The predicted octanol–water partition coefficient (Wildman–Crippen LogP) is 4.71. The second-order valence-corrected chi connectivity index (χ2v) is 6.73. The van der Waals surface area contributed by atoms with E-state index in [0.29, 0.717) is 10.9 Å². The molecule has 3 aromatic rings. The molecule has 146 valence electrons. The van der Waals surface area contributed by atoms with E-state index in [1.165, 1.54) is 18.2 Å². The lowest BCUT2D eigenvalue weighted by Gasteiger charge is -2.33. The van der Waals surface area contributed by atoms with Gasteiger partial charge in [0.15, 0.2) is 0 Å². The first-order valence-corrected chi connectivity index (χ1v) is 8.64. The molecule has 0 aliphatic heterocycles. The van der Waals surface area contributed by atoms with Gasteiger partial charge in [-0.15, -0.1) is 0 Å². The Kier molecular flexibility index (Phi) is 5.63. The van der Waals surface area contributed by atoms with Gasteiger partial charge in [-0.2, -0.15) is 0 Å². The predicted molar refractivity (Wildman–Crippen MR) is 98.6 cm³/mol. The number of hydrogen-bond donors (Lipinski definition) is 1. The van der Waals surface area contributed by atoms with Gasteiger partial charge in [-0.05, 0) is 24.6 Å². The third-order valence-electron chi connectivity index (χ3n) is 4.67. The zero-order valence-corrected chi connectivity index (χ0v) is 15.0. The van der Waals surface area contributed by atoms with Crippen molar-refractivity contribution in [2.45, 2.75) is 31.5 Å². The van der Waals surface area contributed by atoms with Crippen molar-refractivity contribution in [1.82, 2.24) is 10.3 Å². The Bertz CT molecular complexity index is 981. The Labute approximate surface area is 159 Å².